The average Bonchev–Trinajstić information content (AvgIpc) is 2.53. The molecule has 2 unspecified atom stereocenters. The Morgan fingerprint density at radius 3 is 2.88 bits per heavy atom. The van der Waals surface area contributed by atoms with Gasteiger partial charge in [0, 0.05) is 6.04 Å². The zero-order valence-electron chi connectivity index (χ0n) is 10.9. The molecule has 0 saturated carbocycles. The van der Waals surface area contributed by atoms with Crippen molar-refractivity contribution in [2.75, 3.05) is 26.2 Å². The maximum absolute atomic E-state index is 3.53. The maximum atomic E-state index is 3.53. The molecule has 0 radical (unpaired) electrons. The van der Waals surface area contributed by atoms with E-state index < -0.39 is 0 Å². The number of piperidine rings is 1. The molecule has 94 valence electrons. The molecular weight excluding hydrogens is 196 g/mol. The van der Waals surface area contributed by atoms with Gasteiger partial charge in [0.2, 0.25) is 0 Å². The van der Waals surface area contributed by atoms with Crippen molar-refractivity contribution in [2.45, 2.75) is 57.9 Å². The van der Waals surface area contributed by atoms with Crippen molar-refractivity contribution in [2.24, 2.45) is 5.92 Å². The summed E-state index contributed by atoms with van der Waals surface area (Å²) in [5.74, 6) is 0.948. The van der Waals surface area contributed by atoms with Gasteiger partial charge in [-0.05, 0) is 71.1 Å². The highest BCUT2D eigenvalue weighted by Gasteiger charge is 2.19. The molecule has 0 amide bonds. The number of hydrogen-bond donors (Lipinski definition) is 1. The predicted octanol–water partition coefficient (Wildman–Crippen LogP) is 2.64. The first-order valence-corrected chi connectivity index (χ1v) is 7.31. The number of hydrogen-bond acceptors (Lipinski definition) is 2. The van der Waals surface area contributed by atoms with Crippen LogP contribution in [0, 0.1) is 5.92 Å². The normalized spacial score (nSPS) is 33.6. The second kappa shape index (κ2) is 6.61. The predicted molar refractivity (Wildman–Crippen MR) is 69.7 cm³/mol. The van der Waals surface area contributed by atoms with Crippen LogP contribution in [0.5, 0.6) is 0 Å². The molecule has 2 fully saturated rings. The number of rotatable bonds is 3. The van der Waals surface area contributed by atoms with Gasteiger partial charge in [-0.2, -0.15) is 0 Å². The zero-order valence-corrected chi connectivity index (χ0v) is 10.9. The zero-order chi connectivity index (χ0) is 11.2. The molecule has 2 rings (SSSR count). The Labute approximate surface area is 101 Å². The minimum atomic E-state index is 0.832. The SMILES string of the molecule is CC1CCCCCN1CCC1CCCNC1. The molecule has 0 bridgehead atoms. The highest BCUT2D eigenvalue weighted by Crippen LogP contribution is 2.19. The summed E-state index contributed by atoms with van der Waals surface area (Å²) >= 11 is 0. The fraction of sp³-hybridized carbons (Fsp3) is 1.00. The Bertz CT molecular complexity index is 187. The molecule has 2 heteroatoms. The molecule has 0 spiro atoms. The second-order valence-electron chi connectivity index (χ2n) is 5.74. The van der Waals surface area contributed by atoms with Gasteiger partial charge in [-0.3, -0.25) is 0 Å². The second-order valence-corrected chi connectivity index (χ2v) is 5.74. The van der Waals surface area contributed by atoms with Crippen LogP contribution in [0.4, 0.5) is 0 Å². The van der Waals surface area contributed by atoms with Gasteiger partial charge < -0.3 is 10.2 Å². The first-order valence-electron chi connectivity index (χ1n) is 7.31. The van der Waals surface area contributed by atoms with E-state index in [0.717, 1.165) is 12.0 Å². The summed E-state index contributed by atoms with van der Waals surface area (Å²) in [6.07, 6.45) is 10.00. The van der Waals surface area contributed by atoms with E-state index >= 15 is 0 Å². The third kappa shape index (κ3) is 3.74. The largest absolute Gasteiger partial charge is 0.316 e. The molecule has 16 heavy (non-hydrogen) atoms. The molecule has 2 nitrogen and oxygen atoms in total. The van der Waals surface area contributed by atoms with E-state index in [1.54, 1.807) is 0 Å². The molecule has 2 saturated heterocycles. The van der Waals surface area contributed by atoms with Crippen LogP contribution < -0.4 is 5.32 Å². The summed E-state index contributed by atoms with van der Waals surface area (Å²) in [5.41, 5.74) is 0. The standard InChI is InChI=1S/C14H28N2/c1-13-6-3-2-4-10-16(13)11-8-14-7-5-9-15-12-14/h13-15H,2-12H2,1H3. The topological polar surface area (TPSA) is 15.3 Å². The summed E-state index contributed by atoms with van der Waals surface area (Å²) in [7, 11) is 0. The van der Waals surface area contributed by atoms with Gasteiger partial charge in [0.05, 0.1) is 0 Å². The fourth-order valence-electron chi connectivity index (χ4n) is 3.19. The minimum Gasteiger partial charge on any atom is -0.316 e. The molecule has 0 aliphatic carbocycles. The maximum Gasteiger partial charge on any atom is 0.00669 e. The summed E-state index contributed by atoms with van der Waals surface area (Å²) in [5, 5.41) is 3.53. The van der Waals surface area contributed by atoms with E-state index in [2.05, 4.69) is 17.1 Å². The van der Waals surface area contributed by atoms with Crippen LogP contribution in [-0.4, -0.2) is 37.1 Å². The summed E-state index contributed by atoms with van der Waals surface area (Å²) in [6, 6.07) is 0.832. The lowest BCUT2D eigenvalue weighted by molar-refractivity contribution is 0.190. The van der Waals surface area contributed by atoms with Crippen molar-refractivity contribution >= 4 is 0 Å². The number of likely N-dealkylation sites (tertiary alicyclic amines) is 1. The Morgan fingerprint density at radius 2 is 2.06 bits per heavy atom. The van der Waals surface area contributed by atoms with Crippen LogP contribution in [0.2, 0.25) is 0 Å². The van der Waals surface area contributed by atoms with E-state index in [4.69, 9.17) is 0 Å². The highest BCUT2D eigenvalue weighted by molar-refractivity contribution is 4.75. The van der Waals surface area contributed by atoms with Crippen molar-refractivity contribution in [3.8, 4) is 0 Å². The minimum absolute atomic E-state index is 0.832. The summed E-state index contributed by atoms with van der Waals surface area (Å²) in [6.45, 7) is 7.62. The van der Waals surface area contributed by atoms with Crippen molar-refractivity contribution < 1.29 is 0 Å². The third-order valence-corrected chi connectivity index (χ3v) is 4.41. The lowest BCUT2D eigenvalue weighted by atomic mass is 9.96. The monoisotopic (exact) mass is 224 g/mol. The van der Waals surface area contributed by atoms with Gasteiger partial charge in [0.1, 0.15) is 0 Å². The number of nitrogens with zero attached hydrogens (tertiary/aromatic N) is 1. The summed E-state index contributed by atoms with van der Waals surface area (Å²) < 4.78 is 0. The Hall–Kier alpha value is -0.0800. The van der Waals surface area contributed by atoms with E-state index in [-0.39, 0.29) is 0 Å². The van der Waals surface area contributed by atoms with Crippen LogP contribution in [0.15, 0.2) is 0 Å². The van der Waals surface area contributed by atoms with Crippen LogP contribution in [0.3, 0.4) is 0 Å². The van der Waals surface area contributed by atoms with E-state index in [9.17, 15) is 0 Å². The molecular formula is C14H28N2. The van der Waals surface area contributed by atoms with E-state index in [1.165, 1.54) is 71.1 Å². The van der Waals surface area contributed by atoms with Crippen LogP contribution in [-0.2, 0) is 0 Å². The van der Waals surface area contributed by atoms with Gasteiger partial charge in [-0.1, -0.05) is 12.8 Å². The Balaban J connectivity index is 1.70. The first-order chi connectivity index (χ1) is 7.86. The van der Waals surface area contributed by atoms with Crippen LogP contribution >= 0.6 is 0 Å². The van der Waals surface area contributed by atoms with Gasteiger partial charge in [0.15, 0.2) is 0 Å². The van der Waals surface area contributed by atoms with Crippen molar-refractivity contribution in [1.82, 2.24) is 10.2 Å². The lowest BCUT2D eigenvalue weighted by Crippen LogP contribution is -2.37. The van der Waals surface area contributed by atoms with Crippen molar-refractivity contribution in [3.05, 3.63) is 0 Å². The first kappa shape index (κ1) is 12.4. The summed E-state index contributed by atoms with van der Waals surface area (Å²) in [4.78, 5) is 2.74. The molecule has 0 aromatic rings. The van der Waals surface area contributed by atoms with E-state index in [1.807, 2.05) is 0 Å². The third-order valence-electron chi connectivity index (χ3n) is 4.41. The van der Waals surface area contributed by atoms with Gasteiger partial charge in [-0.15, -0.1) is 0 Å². The lowest BCUT2D eigenvalue weighted by Gasteiger charge is -2.30. The van der Waals surface area contributed by atoms with Gasteiger partial charge in [0.25, 0.3) is 0 Å². The molecule has 2 aliphatic heterocycles. The molecule has 2 aliphatic rings. The smallest absolute Gasteiger partial charge is 0.00669 e. The Morgan fingerprint density at radius 1 is 1.12 bits per heavy atom. The van der Waals surface area contributed by atoms with Crippen LogP contribution in [0.25, 0.3) is 0 Å². The van der Waals surface area contributed by atoms with E-state index in [0.29, 0.717) is 0 Å². The molecule has 1 N–H and O–H groups in total. The molecule has 2 heterocycles. The van der Waals surface area contributed by atoms with Crippen molar-refractivity contribution in [1.29, 1.82) is 0 Å². The molecule has 0 aromatic heterocycles. The highest BCUT2D eigenvalue weighted by atomic mass is 15.1. The average molecular weight is 224 g/mol. The quantitative estimate of drug-likeness (QED) is 0.793. The fourth-order valence-corrected chi connectivity index (χ4v) is 3.19. The van der Waals surface area contributed by atoms with Crippen LogP contribution in [0.1, 0.15) is 51.9 Å². The van der Waals surface area contributed by atoms with Gasteiger partial charge >= 0.3 is 0 Å². The Kier molecular flexibility index (Phi) is 5.11. The number of nitrogens with one attached hydrogen (secondary N) is 1. The molecule has 0 aromatic carbocycles. The van der Waals surface area contributed by atoms with Gasteiger partial charge in [-0.25, -0.2) is 0 Å². The molecule has 2 atom stereocenters. The van der Waals surface area contributed by atoms with Crippen molar-refractivity contribution in [3.63, 3.8) is 0 Å².